The van der Waals surface area contributed by atoms with Crippen molar-refractivity contribution in [3.8, 4) is 0 Å². The van der Waals surface area contributed by atoms with Crippen molar-refractivity contribution >= 4 is 0 Å². The van der Waals surface area contributed by atoms with Gasteiger partial charge in [0, 0.05) is 26.1 Å². The number of nitrogens with zero attached hydrogens (tertiary/aromatic N) is 4. The van der Waals surface area contributed by atoms with Crippen molar-refractivity contribution in [2.45, 2.75) is 19.9 Å². The van der Waals surface area contributed by atoms with Crippen LogP contribution in [-0.2, 0) is 13.6 Å². The van der Waals surface area contributed by atoms with Crippen LogP contribution < -0.4 is 0 Å². The number of aryl methyl sites for hydroxylation is 1. The molecule has 1 saturated heterocycles. The van der Waals surface area contributed by atoms with Crippen molar-refractivity contribution in [2.24, 2.45) is 13.0 Å². The van der Waals surface area contributed by atoms with Gasteiger partial charge in [0.05, 0.1) is 6.54 Å². The molecule has 1 aliphatic rings. The largest absolute Gasteiger partial charge is 0.317 e. The number of aromatic nitrogens is 3. The standard InChI is InChI=1S/C9H14F2N4/c1-6-12-13-8(14(6)2)5-15-3-7(4-15)9(10)11/h7,9H,3-5H2,1-2H3. The van der Waals surface area contributed by atoms with Gasteiger partial charge in [-0.2, -0.15) is 0 Å². The minimum Gasteiger partial charge on any atom is -0.317 e. The molecule has 84 valence electrons. The zero-order valence-electron chi connectivity index (χ0n) is 8.82. The number of rotatable bonds is 3. The molecule has 0 N–H and O–H groups in total. The van der Waals surface area contributed by atoms with Crippen molar-refractivity contribution in [1.29, 1.82) is 0 Å². The Morgan fingerprint density at radius 1 is 1.40 bits per heavy atom. The van der Waals surface area contributed by atoms with Crippen LogP contribution in [0.2, 0.25) is 0 Å². The molecule has 2 heterocycles. The highest BCUT2D eigenvalue weighted by atomic mass is 19.3. The minimum absolute atomic E-state index is 0.459. The normalized spacial score (nSPS) is 18.5. The Balaban J connectivity index is 1.87. The van der Waals surface area contributed by atoms with E-state index in [-0.39, 0.29) is 0 Å². The van der Waals surface area contributed by atoms with E-state index in [4.69, 9.17) is 0 Å². The Bertz CT molecular complexity index is 344. The molecule has 2 rings (SSSR count). The molecule has 0 saturated carbocycles. The predicted octanol–water partition coefficient (Wildman–Crippen LogP) is 0.820. The van der Waals surface area contributed by atoms with Gasteiger partial charge >= 0.3 is 0 Å². The third-order valence-corrected chi connectivity index (χ3v) is 2.89. The predicted molar refractivity (Wildman–Crippen MR) is 50.5 cm³/mol. The first-order valence-corrected chi connectivity index (χ1v) is 4.93. The van der Waals surface area contributed by atoms with E-state index >= 15 is 0 Å². The second kappa shape index (κ2) is 3.84. The molecule has 1 aromatic rings. The fraction of sp³-hybridized carbons (Fsp3) is 0.778. The van der Waals surface area contributed by atoms with Gasteiger partial charge in [-0.25, -0.2) is 8.78 Å². The number of alkyl halides is 2. The average molecular weight is 216 g/mol. The molecule has 0 bridgehead atoms. The summed E-state index contributed by atoms with van der Waals surface area (Å²) in [4.78, 5) is 1.96. The smallest absolute Gasteiger partial charge is 0.243 e. The number of hydrogen-bond donors (Lipinski definition) is 0. The van der Waals surface area contributed by atoms with Gasteiger partial charge in [-0.05, 0) is 6.92 Å². The van der Waals surface area contributed by atoms with Gasteiger partial charge < -0.3 is 4.57 Å². The van der Waals surface area contributed by atoms with E-state index in [0.29, 0.717) is 19.6 Å². The molecule has 1 aromatic heterocycles. The van der Waals surface area contributed by atoms with Gasteiger partial charge in [-0.1, -0.05) is 0 Å². The zero-order valence-corrected chi connectivity index (χ0v) is 8.82. The molecular weight excluding hydrogens is 202 g/mol. The fourth-order valence-electron chi connectivity index (χ4n) is 1.69. The molecule has 1 fully saturated rings. The van der Waals surface area contributed by atoms with Crippen molar-refractivity contribution in [3.63, 3.8) is 0 Å². The van der Waals surface area contributed by atoms with E-state index in [1.807, 2.05) is 23.4 Å². The summed E-state index contributed by atoms with van der Waals surface area (Å²) in [5.41, 5.74) is 0. The fourth-order valence-corrected chi connectivity index (χ4v) is 1.69. The van der Waals surface area contributed by atoms with E-state index < -0.39 is 12.3 Å². The summed E-state index contributed by atoms with van der Waals surface area (Å²) in [6.07, 6.45) is -2.19. The van der Waals surface area contributed by atoms with Crippen LogP contribution in [0.1, 0.15) is 11.6 Å². The average Bonchev–Trinajstić information content (AvgIpc) is 2.40. The van der Waals surface area contributed by atoms with Crippen LogP contribution in [0.25, 0.3) is 0 Å². The summed E-state index contributed by atoms with van der Waals surface area (Å²) < 4.78 is 26.3. The Labute approximate surface area is 86.9 Å². The van der Waals surface area contributed by atoms with Crippen LogP contribution in [0, 0.1) is 12.8 Å². The maximum Gasteiger partial charge on any atom is 0.243 e. The van der Waals surface area contributed by atoms with Crippen molar-refractivity contribution in [3.05, 3.63) is 11.6 Å². The van der Waals surface area contributed by atoms with Crippen molar-refractivity contribution in [1.82, 2.24) is 19.7 Å². The number of likely N-dealkylation sites (tertiary alicyclic amines) is 1. The lowest BCUT2D eigenvalue weighted by molar-refractivity contribution is -0.0292. The summed E-state index contributed by atoms with van der Waals surface area (Å²) >= 11 is 0. The van der Waals surface area contributed by atoms with Crippen molar-refractivity contribution < 1.29 is 8.78 Å². The maximum absolute atomic E-state index is 12.2. The molecule has 0 radical (unpaired) electrons. The molecule has 6 heteroatoms. The molecular formula is C9H14F2N4. The van der Waals surface area contributed by atoms with Crippen LogP contribution in [0.15, 0.2) is 0 Å². The highest BCUT2D eigenvalue weighted by molar-refractivity contribution is 4.94. The highest BCUT2D eigenvalue weighted by Gasteiger charge is 2.34. The minimum atomic E-state index is -2.19. The third-order valence-electron chi connectivity index (χ3n) is 2.89. The summed E-state index contributed by atoms with van der Waals surface area (Å²) in [6.45, 7) is 3.41. The summed E-state index contributed by atoms with van der Waals surface area (Å²) in [6, 6.07) is 0. The van der Waals surface area contributed by atoms with Gasteiger partial charge in [0.1, 0.15) is 11.6 Å². The lowest BCUT2D eigenvalue weighted by Crippen LogP contribution is -2.49. The van der Waals surface area contributed by atoms with Crippen LogP contribution in [0.5, 0.6) is 0 Å². The molecule has 15 heavy (non-hydrogen) atoms. The first-order valence-electron chi connectivity index (χ1n) is 4.93. The lowest BCUT2D eigenvalue weighted by Gasteiger charge is -2.38. The molecule has 4 nitrogen and oxygen atoms in total. The number of halogens is 2. The lowest BCUT2D eigenvalue weighted by atomic mass is 10.0. The Hall–Kier alpha value is -1.04. The Morgan fingerprint density at radius 2 is 2.07 bits per heavy atom. The first-order chi connectivity index (χ1) is 7.08. The molecule has 0 amide bonds. The van der Waals surface area contributed by atoms with E-state index in [0.717, 1.165) is 11.6 Å². The quantitative estimate of drug-likeness (QED) is 0.750. The van der Waals surface area contributed by atoms with E-state index in [1.165, 1.54) is 0 Å². The summed E-state index contributed by atoms with van der Waals surface area (Å²) in [5, 5.41) is 7.91. The second-order valence-corrected chi connectivity index (χ2v) is 4.01. The topological polar surface area (TPSA) is 34.0 Å². The van der Waals surface area contributed by atoms with E-state index in [1.54, 1.807) is 0 Å². The molecule has 1 aliphatic heterocycles. The number of hydrogen-bond acceptors (Lipinski definition) is 3. The second-order valence-electron chi connectivity index (χ2n) is 4.01. The summed E-state index contributed by atoms with van der Waals surface area (Å²) in [7, 11) is 1.88. The van der Waals surface area contributed by atoms with E-state index in [9.17, 15) is 8.78 Å². The van der Waals surface area contributed by atoms with Crippen LogP contribution in [0.4, 0.5) is 8.78 Å². The van der Waals surface area contributed by atoms with Crippen molar-refractivity contribution in [2.75, 3.05) is 13.1 Å². The molecule has 0 unspecified atom stereocenters. The Morgan fingerprint density at radius 3 is 2.53 bits per heavy atom. The molecule has 0 aromatic carbocycles. The first kappa shape index (κ1) is 10.5. The summed E-state index contributed by atoms with van der Waals surface area (Å²) in [5.74, 6) is 1.22. The molecule has 0 atom stereocenters. The van der Waals surface area contributed by atoms with Crippen LogP contribution in [0.3, 0.4) is 0 Å². The van der Waals surface area contributed by atoms with Gasteiger partial charge in [0.15, 0.2) is 0 Å². The SMILES string of the molecule is Cc1nnc(CN2CC(C(F)F)C2)n1C. The van der Waals surface area contributed by atoms with Gasteiger partial charge in [-0.15, -0.1) is 10.2 Å². The zero-order chi connectivity index (χ0) is 11.0. The van der Waals surface area contributed by atoms with E-state index in [2.05, 4.69) is 10.2 Å². The molecule has 0 aliphatic carbocycles. The van der Waals surface area contributed by atoms with Gasteiger partial charge in [-0.3, -0.25) is 4.90 Å². The van der Waals surface area contributed by atoms with Crippen LogP contribution >= 0.6 is 0 Å². The highest BCUT2D eigenvalue weighted by Crippen LogP contribution is 2.23. The molecule has 0 spiro atoms. The van der Waals surface area contributed by atoms with Gasteiger partial charge in [0.2, 0.25) is 6.43 Å². The monoisotopic (exact) mass is 216 g/mol. The third kappa shape index (κ3) is 1.99. The van der Waals surface area contributed by atoms with Gasteiger partial charge in [0.25, 0.3) is 0 Å². The Kier molecular flexibility index (Phi) is 2.68. The van der Waals surface area contributed by atoms with Crippen LogP contribution in [-0.4, -0.2) is 39.2 Å². The maximum atomic E-state index is 12.2.